The molecule has 0 N–H and O–H groups in total. The van der Waals surface area contributed by atoms with Gasteiger partial charge < -0.3 is 4.42 Å². The van der Waals surface area contributed by atoms with Crippen molar-refractivity contribution in [1.29, 1.82) is 0 Å². The molecule has 0 saturated heterocycles. The number of rotatable bonds is 1. The summed E-state index contributed by atoms with van der Waals surface area (Å²) in [5.41, 5.74) is 5.64. The van der Waals surface area contributed by atoms with E-state index in [4.69, 9.17) is 4.42 Å². The van der Waals surface area contributed by atoms with E-state index in [1.54, 1.807) is 0 Å². The number of fused-ring (bicyclic) bond motifs is 1. The molecule has 24 heavy (non-hydrogen) atoms. The highest BCUT2D eigenvalue weighted by atomic mass is 16.3. The lowest BCUT2D eigenvalue weighted by Gasteiger charge is -1.99. The molecule has 2 nitrogen and oxygen atoms in total. The predicted octanol–water partition coefficient (Wildman–Crippen LogP) is 5.20. The average molecular weight is 309 g/mol. The topological polar surface area (TPSA) is 26.0 Å². The van der Waals surface area contributed by atoms with Gasteiger partial charge in [0.25, 0.3) is 0 Å². The molecule has 0 radical (unpaired) electrons. The minimum Gasteiger partial charge on any atom is -0.436 e. The third-order valence-electron chi connectivity index (χ3n) is 3.82. The Balaban J connectivity index is 1.80. The first-order valence-electron chi connectivity index (χ1n) is 7.83. The molecule has 114 valence electrons. The zero-order chi connectivity index (χ0) is 16.4. The van der Waals surface area contributed by atoms with Gasteiger partial charge in [0.15, 0.2) is 5.58 Å². The van der Waals surface area contributed by atoms with E-state index in [2.05, 4.69) is 16.8 Å². The first kappa shape index (κ1) is 14.3. The molecule has 4 rings (SSSR count). The summed E-state index contributed by atoms with van der Waals surface area (Å²) in [5.74, 6) is 7.03. The number of aromatic nitrogens is 1. The van der Waals surface area contributed by atoms with Crippen molar-refractivity contribution in [1.82, 2.24) is 4.98 Å². The summed E-state index contributed by atoms with van der Waals surface area (Å²) < 4.78 is 5.92. The van der Waals surface area contributed by atoms with Gasteiger partial charge in [-0.2, -0.15) is 0 Å². The number of hydrogen-bond acceptors (Lipinski definition) is 2. The highest BCUT2D eigenvalue weighted by Crippen LogP contribution is 2.27. The third-order valence-corrected chi connectivity index (χ3v) is 3.82. The summed E-state index contributed by atoms with van der Waals surface area (Å²) in [4.78, 5) is 4.63. The molecular formula is C22H15NO. The molecule has 0 aliphatic heterocycles. The van der Waals surface area contributed by atoms with Crippen molar-refractivity contribution in [3.8, 4) is 23.3 Å². The number of nitrogens with zero attached hydrogens (tertiary/aromatic N) is 1. The van der Waals surface area contributed by atoms with Gasteiger partial charge in [0.1, 0.15) is 5.52 Å². The van der Waals surface area contributed by atoms with Crippen molar-refractivity contribution in [2.45, 2.75) is 6.92 Å². The SMILES string of the molecule is Cc1ccc2oc(-c3ccccc3C#Cc3ccccc3)nc2c1. The number of aryl methyl sites for hydroxylation is 1. The van der Waals surface area contributed by atoms with Crippen molar-refractivity contribution in [3.05, 3.63) is 89.5 Å². The summed E-state index contributed by atoms with van der Waals surface area (Å²) in [7, 11) is 0. The van der Waals surface area contributed by atoms with E-state index in [1.165, 1.54) is 5.56 Å². The van der Waals surface area contributed by atoms with Crippen LogP contribution in [0.5, 0.6) is 0 Å². The molecule has 0 atom stereocenters. The largest absolute Gasteiger partial charge is 0.436 e. The standard InChI is InChI=1S/C22H15NO/c1-16-11-14-21-20(15-16)23-22(24-21)19-10-6-5-9-18(19)13-12-17-7-3-2-4-8-17/h2-11,14-15H,1H3. The molecule has 2 heteroatoms. The molecule has 0 aliphatic carbocycles. The van der Waals surface area contributed by atoms with Gasteiger partial charge in [-0.3, -0.25) is 0 Å². The van der Waals surface area contributed by atoms with Crippen LogP contribution < -0.4 is 0 Å². The molecule has 0 aliphatic rings. The second kappa shape index (κ2) is 6.06. The molecule has 3 aromatic carbocycles. The Morgan fingerprint density at radius 3 is 2.50 bits per heavy atom. The molecule has 1 heterocycles. The molecular weight excluding hydrogens is 294 g/mol. The monoisotopic (exact) mass is 309 g/mol. The fraction of sp³-hybridized carbons (Fsp3) is 0.0455. The van der Waals surface area contributed by atoms with Gasteiger partial charge in [-0.25, -0.2) is 4.98 Å². The molecule has 1 aromatic heterocycles. The van der Waals surface area contributed by atoms with Gasteiger partial charge in [0.2, 0.25) is 5.89 Å². The molecule has 0 unspecified atom stereocenters. The van der Waals surface area contributed by atoms with Crippen LogP contribution in [0, 0.1) is 18.8 Å². The normalized spacial score (nSPS) is 10.4. The van der Waals surface area contributed by atoms with Crippen LogP contribution >= 0.6 is 0 Å². The van der Waals surface area contributed by atoms with Crippen LogP contribution in [0.15, 0.2) is 77.2 Å². The Morgan fingerprint density at radius 2 is 1.62 bits per heavy atom. The van der Waals surface area contributed by atoms with Gasteiger partial charge in [0, 0.05) is 11.1 Å². The first-order chi connectivity index (χ1) is 11.8. The number of oxazole rings is 1. The van der Waals surface area contributed by atoms with E-state index < -0.39 is 0 Å². The minimum atomic E-state index is 0.605. The Bertz CT molecular complexity index is 1070. The summed E-state index contributed by atoms with van der Waals surface area (Å²) in [5, 5.41) is 0. The molecule has 0 amide bonds. The van der Waals surface area contributed by atoms with E-state index >= 15 is 0 Å². The van der Waals surface area contributed by atoms with E-state index in [0.29, 0.717) is 5.89 Å². The van der Waals surface area contributed by atoms with Gasteiger partial charge in [-0.15, -0.1) is 0 Å². The molecule has 0 bridgehead atoms. The Labute approximate surface area is 140 Å². The molecule has 0 spiro atoms. The number of hydrogen-bond donors (Lipinski definition) is 0. The lowest BCUT2D eigenvalue weighted by Crippen LogP contribution is -1.84. The van der Waals surface area contributed by atoms with Gasteiger partial charge in [-0.1, -0.05) is 48.2 Å². The van der Waals surface area contributed by atoms with Crippen LogP contribution in [0.3, 0.4) is 0 Å². The summed E-state index contributed by atoms with van der Waals surface area (Å²) in [6.45, 7) is 2.05. The average Bonchev–Trinajstić information content (AvgIpc) is 3.04. The second-order valence-corrected chi connectivity index (χ2v) is 5.65. The van der Waals surface area contributed by atoms with Crippen LogP contribution in [0.4, 0.5) is 0 Å². The Hall–Kier alpha value is -3.31. The van der Waals surface area contributed by atoms with E-state index in [-0.39, 0.29) is 0 Å². The maximum atomic E-state index is 5.92. The minimum absolute atomic E-state index is 0.605. The highest BCUT2D eigenvalue weighted by molar-refractivity contribution is 5.78. The number of benzene rings is 3. The first-order valence-corrected chi connectivity index (χ1v) is 7.83. The fourth-order valence-electron chi connectivity index (χ4n) is 2.59. The smallest absolute Gasteiger partial charge is 0.228 e. The summed E-state index contributed by atoms with van der Waals surface area (Å²) >= 11 is 0. The van der Waals surface area contributed by atoms with Crippen molar-refractivity contribution in [2.24, 2.45) is 0 Å². The highest BCUT2D eigenvalue weighted by Gasteiger charge is 2.11. The maximum absolute atomic E-state index is 5.92. The van der Waals surface area contributed by atoms with Crippen LogP contribution in [0.1, 0.15) is 16.7 Å². The lowest BCUT2D eigenvalue weighted by atomic mass is 10.1. The summed E-state index contributed by atoms with van der Waals surface area (Å²) in [6.07, 6.45) is 0. The fourth-order valence-corrected chi connectivity index (χ4v) is 2.59. The van der Waals surface area contributed by atoms with Crippen molar-refractivity contribution >= 4 is 11.1 Å². The summed E-state index contributed by atoms with van der Waals surface area (Å²) in [6, 6.07) is 23.9. The van der Waals surface area contributed by atoms with Crippen LogP contribution in [0.2, 0.25) is 0 Å². The van der Waals surface area contributed by atoms with Crippen LogP contribution in [0.25, 0.3) is 22.6 Å². The van der Waals surface area contributed by atoms with E-state index in [9.17, 15) is 0 Å². The van der Waals surface area contributed by atoms with Gasteiger partial charge in [-0.05, 0) is 48.9 Å². The molecule has 0 fully saturated rings. The second-order valence-electron chi connectivity index (χ2n) is 5.65. The molecule has 0 saturated carbocycles. The van der Waals surface area contributed by atoms with Gasteiger partial charge >= 0.3 is 0 Å². The predicted molar refractivity (Wildman–Crippen MR) is 96.6 cm³/mol. The zero-order valence-electron chi connectivity index (χ0n) is 13.3. The van der Waals surface area contributed by atoms with E-state index in [0.717, 1.165) is 27.8 Å². The lowest BCUT2D eigenvalue weighted by molar-refractivity contribution is 0.619. The Morgan fingerprint density at radius 1 is 0.833 bits per heavy atom. The Kier molecular flexibility index (Phi) is 3.61. The maximum Gasteiger partial charge on any atom is 0.228 e. The third kappa shape index (κ3) is 2.80. The van der Waals surface area contributed by atoms with Crippen molar-refractivity contribution < 1.29 is 4.42 Å². The van der Waals surface area contributed by atoms with Crippen molar-refractivity contribution in [2.75, 3.05) is 0 Å². The molecule has 4 aromatic rings. The van der Waals surface area contributed by atoms with Crippen molar-refractivity contribution in [3.63, 3.8) is 0 Å². The van der Waals surface area contributed by atoms with Crippen LogP contribution in [-0.2, 0) is 0 Å². The zero-order valence-corrected chi connectivity index (χ0v) is 13.3. The quantitative estimate of drug-likeness (QED) is 0.451. The van der Waals surface area contributed by atoms with E-state index in [1.807, 2.05) is 79.7 Å². The van der Waals surface area contributed by atoms with Crippen LogP contribution in [-0.4, -0.2) is 4.98 Å². The van der Waals surface area contributed by atoms with Gasteiger partial charge in [0.05, 0.1) is 5.56 Å².